The van der Waals surface area contributed by atoms with Crippen LogP contribution in [0, 0.1) is 6.92 Å². The molecule has 0 bridgehead atoms. The highest BCUT2D eigenvalue weighted by Gasteiger charge is 2.23. The lowest BCUT2D eigenvalue weighted by molar-refractivity contribution is 0.0695. The molecule has 0 fully saturated rings. The summed E-state index contributed by atoms with van der Waals surface area (Å²) in [6.07, 6.45) is 3.55. The van der Waals surface area contributed by atoms with E-state index in [9.17, 15) is 4.79 Å². The highest BCUT2D eigenvalue weighted by Crippen LogP contribution is 2.30. The standard InChI is InChI=1S/C23H23ClN4OS/c1-15(2)27(13-18-5-4-10-25-12-18)22(29)21-11-20-16(3)26-28(23(20)30-21)14-17-6-8-19(24)9-7-17/h4-12,15H,13-14H2,1-3H3. The van der Waals surface area contributed by atoms with E-state index < -0.39 is 0 Å². The molecular weight excluding hydrogens is 416 g/mol. The highest BCUT2D eigenvalue weighted by molar-refractivity contribution is 7.20. The SMILES string of the molecule is Cc1nn(Cc2ccc(Cl)cc2)c2sc(C(=O)N(Cc3cccnc3)C(C)C)cc12. The van der Waals surface area contributed by atoms with Crippen molar-refractivity contribution in [1.29, 1.82) is 0 Å². The molecule has 0 saturated carbocycles. The van der Waals surface area contributed by atoms with Gasteiger partial charge in [-0.25, -0.2) is 0 Å². The van der Waals surface area contributed by atoms with Gasteiger partial charge < -0.3 is 4.90 Å². The zero-order chi connectivity index (χ0) is 21.3. The molecule has 3 aromatic heterocycles. The van der Waals surface area contributed by atoms with Gasteiger partial charge in [0.1, 0.15) is 4.83 Å². The van der Waals surface area contributed by atoms with Crippen LogP contribution in [0.5, 0.6) is 0 Å². The fourth-order valence-corrected chi connectivity index (χ4v) is 4.65. The number of thiophene rings is 1. The fourth-order valence-electron chi connectivity index (χ4n) is 3.41. The lowest BCUT2D eigenvalue weighted by atomic mass is 10.2. The summed E-state index contributed by atoms with van der Waals surface area (Å²) in [6, 6.07) is 13.7. The molecule has 5 nitrogen and oxygen atoms in total. The molecule has 1 aromatic carbocycles. The first-order valence-corrected chi connectivity index (χ1v) is 11.0. The fraction of sp³-hybridized carbons (Fsp3) is 0.261. The molecule has 30 heavy (non-hydrogen) atoms. The number of nitrogens with zero attached hydrogens (tertiary/aromatic N) is 4. The first kappa shape index (κ1) is 20.6. The van der Waals surface area contributed by atoms with Crippen molar-refractivity contribution in [2.24, 2.45) is 0 Å². The number of aryl methyl sites for hydroxylation is 1. The molecule has 0 atom stereocenters. The van der Waals surface area contributed by atoms with E-state index in [1.165, 1.54) is 11.3 Å². The molecule has 0 N–H and O–H groups in total. The molecule has 0 aliphatic carbocycles. The van der Waals surface area contributed by atoms with Crippen LogP contribution in [0.2, 0.25) is 5.02 Å². The van der Waals surface area contributed by atoms with Gasteiger partial charge in [0.05, 0.1) is 17.1 Å². The van der Waals surface area contributed by atoms with Gasteiger partial charge in [-0.1, -0.05) is 29.8 Å². The van der Waals surface area contributed by atoms with E-state index in [0.717, 1.165) is 31.9 Å². The van der Waals surface area contributed by atoms with Crippen LogP contribution in [0.25, 0.3) is 10.2 Å². The van der Waals surface area contributed by atoms with Crippen molar-refractivity contribution in [3.8, 4) is 0 Å². The Balaban J connectivity index is 1.63. The van der Waals surface area contributed by atoms with E-state index in [4.69, 9.17) is 11.6 Å². The van der Waals surface area contributed by atoms with Gasteiger partial charge in [-0.05, 0) is 56.2 Å². The van der Waals surface area contributed by atoms with Crippen molar-refractivity contribution in [2.75, 3.05) is 0 Å². The van der Waals surface area contributed by atoms with E-state index in [-0.39, 0.29) is 11.9 Å². The Kier molecular flexibility index (Phi) is 5.88. The summed E-state index contributed by atoms with van der Waals surface area (Å²) < 4.78 is 1.97. The van der Waals surface area contributed by atoms with Crippen LogP contribution >= 0.6 is 22.9 Å². The number of amides is 1. The maximum atomic E-state index is 13.3. The smallest absolute Gasteiger partial charge is 0.264 e. The van der Waals surface area contributed by atoms with Crippen LogP contribution in [0.15, 0.2) is 54.9 Å². The molecule has 4 rings (SSSR count). The summed E-state index contributed by atoms with van der Waals surface area (Å²) in [5, 5.41) is 6.42. The van der Waals surface area contributed by atoms with Gasteiger partial charge in [-0.2, -0.15) is 5.10 Å². The number of halogens is 1. The van der Waals surface area contributed by atoms with Crippen LogP contribution in [0.3, 0.4) is 0 Å². The predicted molar refractivity (Wildman–Crippen MR) is 122 cm³/mol. The molecule has 0 aliphatic heterocycles. The first-order chi connectivity index (χ1) is 14.4. The molecule has 3 heterocycles. The van der Waals surface area contributed by atoms with E-state index in [2.05, 4.69) is 10.1 Å². The van der Waals surface area contributed by atoms with Crippen LogP contribution in [-0.4, -0.2) is 31.6 Å². The predicted octanol–water partition coefficient (Wildman–Crippen LogP) is 5.55. The second-order valence-corrected chi connectivity index (χ2v) is 9.05. The minimum atomic E-state index is 0.0347. The summed E-state index contributed by atoms with van der Waals surface area (Å²) in [4.78, 5) is 21.1. The third-order valence-electron chi connectivity index (χ3n) is 5.02. The zero-order valence-electron chi connectivity index (χ0n) is 17.2. The third-order valence-corrected chi connectivity index (χ3v) is 6.41. The summed E-state index contributed by atoms with van der Waals surface area (Å²) in [5.74, 6) is 0.0347. The number of hydrogen-bond acceptors (Lipinski definition) is 4. The normalized spacial score (nSPS) is 11.4. The monoisotopic (exact) mass is 438 g/mol. The summed E-state index contributed by atoms with van der Waals surface area (Å²) in [7, 11) is 0. The van der Waals surface area contributed by atoms with Crippen LogP contribution in [-0.2, 0) is 13.1 Å². The number of hydrogen-bond donors (Lipinski definition) is 0. The number of benzene rings is 1. The summed E-state index contributed by atoms with van der Waals surface area (Å²) >= 11 is 7.50. The molecule has 0 saturated heterocycles. The molecule has 0 spiro atoms. The van der Waals surface area contributed by atoms with Crippen molar-refractivity contribution in [3.05, 3.63) is 81.6 Å². The average Bonchev–Trinajstić information content (AvgIpc) is 3.29. The van der Waals surface area contributed by atoms with Crippen molar-refractivity contribution >= 4 is 39.1 Å². The van der Waals surface area contributed by atoms with E-state index in [0.29, 0.717) is 18.1 Å². The maximum Gasteiger partial charge on any atom is 0.264 e. The number of carbonyl (C=O) groups excluding carboxylic acids is 1. The molecule has 0 radical (unpaired) electrons. The lowest BCUT2D eigenvalue weighted by Gasteiger charge is -2.26. The van der Waals surface area contributed by atoms with Gasteiger partial charge >= 0.3 is 0 Å². The maximum absolute atomic E-state index is 13.3. The van der Waals surface area contributed by atoms with Gasteiger partial charge in [0.2, 0.25) is 0 Å². The second kappa shape index (κ2) is 8.58. The Morgan fingerprint density at radius 1 is 1.20 bits per heavy atom. The van der Waals surface area contributed by atoms with E-state index in [1.54, 1.807) is 6.20 Å². The molecule has 0 unspecified atom stereocenters. The van der Waals surface area contributed by atoms with Crippen molar-refractivity contribution < 1.29 is 4.79 Å². The molecular formula is C23H23ClN4OS. The Hall–Kier alpha value is -2.70. The number of fused-ring (bicyclic) bond motifs is 1. The number of rotatable bonds is 6. The van der Waals surface area contributed by atoms with E-state index in [1.807, 2.05) is 79.0 Å². The third kappa shape index (κ3) is 4.25. The first-order valence-electron chi connectivity index (χ1n) is 9.83. The van der Waals surface area contributed by atoms with Gasteiger partial charge in [0.15, 0.2) is 0 Å². The molecule has 4 aromatic rings. The Morgan fingerprint density at radius 3 is 2.63 bits per heavy atom. The van der Waals surface area contributed by atoms with Crippen LogP contribution in [0.4, 0.5) is 0 Å². The molecule has 154 valence electrons. The lowest BCUT2D eigenvalue weighted by Crippen LogP contribution is -2.36. The molecule has 1 amide bonds. The minimum Gasteiger partial charge on any atom is -0.331 e. The van der Waals surface area contributed by atoms with Crippen LogP contribution in [0.1, 0.15) is 40.3 Å². The largest absolute Gasteiger partial charge is 0.331 e. The van der Waals surface area contributed by atoms with Crippen molar-refractivity contribution in [1.82, 2.24) is 19.7 Å². The van der Waals surface area contributed by atoms with Crippen LogP contribution < -0.4 is 0 Å². The van der Waals surface area contributed by atoms with Gasteiger partial charge in [-0.15, -0.1) is 11.3 Å². The van der Waals surface area contributed by atoms with Gasteiger partial charge in [0.25, 0.3) is 5.91 Å². The Labute approximate surface area is 184 Å². The summed E-state index contributed by atoms with van der Waals surface area (Å²) in [5.41, 5.74) is 3.06. The number of carbonyl (C=O) groups is 1. The molecule has 7 heteroatoms. The van der Waals surface area contributed by atoms with Crippen molar-refractivity contribution in [3.63, 3.8) is 0 Å². The minimum absolute atomic E-state index is 0.0347. The molecule has 0 aliphatic rings. The Morgan fingerprint density at radius 2 is 1.97 bits per heavy atom. The number of aromatic nitrogens is 3. The average molecular weight is 439 g/mol. The summed E-state index contributed by atoms with van der Waals surface area (Å²) in [6.45, 7) is 7.23. The second-order valence-electron chi connectivity index (χ2n) is 7.59. The highest BCUT2D eigenvalue weighted by atomic mass is 35.5. The van der Waals surface area contributed by atoms with Gasteiger partial charge in [-0.3, -0.25) is 14.5 Å². The topological polar surface area (TPSA) is 51.0 Å². The Bertz CT molecular complexity index is 1170. The van der Waals surface area contributed by atoms with E-state index >= 15 is 0 Å². The number of pyridine rings is 1. The van der Waals surface area contributed by atoms with Crippen molar-refractivity contribution in [2.45, 2.75) is 39.9 Å². The van der Waals surface area contributed by atoms with Gasteiger partial charge in [0, 0.05) is 35.4 Å². The quantitative estimate of drug-likeness (QED) is 0.396. The zero-order valence-corrected chi connectivity index (χ0v) is 18.7.